The molecule has 24 heavy (non-hydrogen) atoms. The van der Waals surface area contributed by atoms with E-state index in [1.54, 1.807) is 7.11 Å². The Kier molecular flexibility index (Phi) is 3.34. The molecule has 2 aromatic carbocycles. The fourth-order valence-corrected chi connectivity index (χ4v) is 2.67. The van der Waals surface area contributed by atoms with Gasteiger partial charge in [-0.1, -0.05) is 35.0 Å². The summed E-state index contributed by atoms with van der Waals surface area (Å²) in [7, 11) is 1.63. The lowest BCUT2D eigenvalue weighted by Gasteiger charge is -1.97. The van der Waals surface area contributed by atoms with Crippen molar-refractivity contribution in [3.05, 3.63) is 53.6 Å². The first kappa shape index (κ1) is 14.5. The summed E-state index contributed by atoms with van der Waals surface area (Å²) in [4.78, 5) is 4.48. The van der Waals surface area contributed by atoms with Crippen molar-refractivity contribution in [1.29, 1.82) is 0 Å². The summed E-state index contributed by atoms with van der Waals surface area (Å²) >= 11 is 0. The molecule has 5 nitrogen and oxygen atoms in total. The Hall–Kier alpha value is -3.08. The second-order valence-electron chi connectivity index (χ2n) is 5.71. The quantitative estimate of drug-likeness (QED) is 0.544. The Labute approximate surface area is 138 Å². The Bertz CT molecular complexity index is 1010. The fourth-order valence-electron chi connectivity index (χ4n) is 2.67. The first-order valence-electron chi connectivity index (χ1n) is 7.64. The van der Waals surface area contributed by atoms with Crippen LogP contribution < -0.4 is 4.74 Å². The lowest BCUT2D eigenvalue weighted by molar-refractivity contribution is 0.413. The van der Waals surface area contributed by atoms with Gasteiger partial charge in [-0.05, 0) is 26.0 Å². The molecule has 0 spiro atoms. The van der Waals surface area contributed by atoms with E-state index in [1.165, 1.54) is 5.56 Å². The molecule has 120 valence electrons. The van der Waals surface area contributed by atoms with Crippen LogP contribution in [0.15, 0.2) is 51.4 Å². The van der Waals surface area contributed by atoms with E-state index in [1.807, 2.05) is 56.3 Å². The number of aromatic nitrogens is 2. The van der Waals surface area contributed by atoms with Crippen LogP contribution in [0.2, 0.25) is 0 Å². The average Bonchev–Trinajstić information content (AvgIpc) is 3.20. The summed E-state index contributed by atoms with van der Waals surface area (Å²) in [5.41, 5.74) is 3.79. The normalized spacial score (nSPS) is 11.1. The number of nitrogens with zero attached hydrogens (tertiary/aromatic N) is 2. The van der Waals surface area contributed by atoms with Crippen LogP contribution in [-0.4, -0.2) is 17.3 Å². The van der Waals surface area contributed by atoms with Gasteiger partial charge in [-0.2, -0.15) is 4.98 Å². The van der Waals surface area contributed by atoms with Gasteiger partial charge in [0.1, 0.15) is 11.3 Å². The Morgan fingerprint density at radius 2 is 1.79 bits per heavy atom. The van der Waals surface area contributed by atoms with E-state index in [0.717, 1.165) is 27.8 Å². The number of methoxy groups -OCH3 is 1. The molecule has 0 amide bonds. The highest BCUT2D eigenvalue weighted by atomic mass is 16.5. The number of rotatable bonds is 3. The van der Waals surface area contributed by atoms with E-state index in [9.17, 15) is 0 Å². The number of benzene rings is 2. The van der Waals surface area contributed by atoms with Crippen molar-refractivity contribution in [3.8, 4) is 28.8 Å². The minimum atomic E-state index is 0.373. The van der Waals surface area contributed by atoms with E-state index >= 15 is 0 Å². The van der Waals surface area contributed by atoms with Gasteiger partial charge in [0.15, 0.2) is 5.76 Å². The molecule has 0 atom stereocenters. The monoisotopic (exact) mass is 320 g/mol. The summed E-state index contributed by atoms with van der Waals surface area (Å²) in [6.45, 7) is 4.01. The number of hydrogen-bond acceptors (Lipinski definition) is 5. The molecule has 0 N–H and O–H groups in total. The van der Waals surface area contributed by atoms with Crippen molar-refractivity contribution < 1.29 is 13.7 Å². The topological polar surface area (TPSA) is 61.3 Å². The molecule has 0 unspecified atom stereocenters. The van der Waals surface area contributed by atoms with Crippen molar-refractivity contribution in [1.82, 2.24) is 10.1 Å². The van der Waals surface area contributed by atoms with E-state index < -0.39 is 0 Å². The largest absolute Gasteiger partial charge is 0.497 e. The van der Waals surface area contributed by atoms with Crippen molar-refractivity contribution in [2.45, 2.75) is 13.8 Å². The molecule has 0 aliphatic rings. The van der Waals surface area contributed by atoms with Gasteiger partial charge >= 0.3 is 0 Å². The third-order valence-corrected chi connectivity index (χ3v) is 4.08. The molecule has 0 bridgehead atoms. The zero-order valence-electron chi connectivity index (χ0n) is 13.7. The zero-order chi connectivity index (χ0) is 16.7. The Morgan fingerprint density at radius 1 is 1.00 bits per heavy atom. The second-order valence-corrected chi connectivity index (χ2v) is 5.71. The third kappa shape index (κ3) is 2.34. The smallest absolute Gasteiger partial charge is 0.294 e. The summed E-state index contributed by atoms with van der Waals surface area (Å²) in [6, 6.07) is 13.7. The fraction of sp³-hybridized carbons (Fsp3) is 0.158. The summed E-state index contributed by atoms with van der Waals surface area (Å²) in [5, 5.41) is 5.07. The highest BCUT2D eigenvalue weighted by Crippen LogP contribution is 2.34. The van der Waals surface area contributed by atoms with Gasteiger partial charge in [-0.3, -0.25) is 0 Å². The second kappa shape index (κ2) is 5.53. The van der Waals surface area contributed by atoms with E-state index in [-0.39, 0.29) is 0 Å². The molecule has 2 heterocycles. The predicted octanol–water partition coefficient (Wildman–Crippen LogP) is 4.78. The number of furan rings is 1. The molecule has 0 fully saturated rings. The van der Waals surface area contributed by atoms with Crippen molar-refractivity contribution >= 4 is 11.0 Å². The molecular weight excluding hydrogens is 304 g/mol. The highest BCUT2D eigenvalue weighted by molar-refractivity contribution is 5.87. The highest BCUT2D eigenvalue weighted by Gasteiger charge is 2.19. The maximum absolute atomic E-state index is 5.92. The van der Waals surface area contributed by atoms with Crippen LogP contribution in [0.5, 0.6) is 5.75 Å². The maximum Gasteiger partial charge on any atom is 0.294 e. The molecule has 5 heteroatoms. The van der Waals surface area contributed by atoms with Gasteiger partial charge in [-0.25, -0.2) is 0 Å². The lowest BCUT2D eigenvalue weighted by atomic mass is 10.1. The van der Waals surface area contributed by atoms with Gasteiger partial charge in [0.25, 0.3) is 5.89 Å². The molecule has 4 rings (SSSR count). The summed E-state index contributed by atoms with van der Waals surface area (Å²) in [6.07, 6.45) is 0. The van der Waals surface area contributed by atoms with Crippen LogP contribution in [0.4, 0.5) is 0 Å². The van der Waals surface area contributed by atoms with E-state index in [4.69, 9.17) is 13.7 Å². The van der Waals surface area contributed by atoms with Crippen LogP contribution in [0.1, 0.15) is 11.1 Å². The minimum Gasteiger partial charge on any atom is -0.497 e. The van der Waals surface area contributed by atoms with Crippen LogP contribution in [0.25, 0.3) is 34.0 Å². The predicted molar refractivity (Wildman–Crippen MR) is 91.0 cm³/mol. The minimum absolute atomic E-state index is 0.373. The third-order valence-electron chi connectivity index (χ3n) is 4.08. The van der Waals surface area contributed by atoms with Crippen molar-refractivity contribution in [3.63, 3.8) is 0 Å². The van der Waals surface area contributed by atoms with Crippen LogP contribution in [-0.2, 0) is 0 Å². The van der Waals surface area contributed by atoms with Gasteiger partial charge in [0, 0.05) is 22.6 Å². The first-order valence-corrected chi connectivity index (χ1v) is 7.64. The SMILES string of the molecule is COc1ccc2c(C)c(-c3nc(-c4ccc(C)cc4)no3)oc2c1. The number of fused-ring (bicyclic) bond motifs is 1. The number of aryl methyl sites for hydroxylation is 2. The zero-order valence-corrected chi connectivity index (χ0v) is 13.7. The van der Waals surface area contributed by atoms with Gasteiger partial charge in [0.2, 0.25) is 5.82 Å². The van der Waals surface area contributed by atoms with Crippen molar-refractivity contribution in [2.24, 2.45) is 0 Å². The maximum atomic E-state index is 5.92. The van der Waals surface area contributed by atoms with Crippen LogP contribution in [0, 0.1) is 13.8 Å². The van der Waals surface area contributed by atoms with Crippen LogP contribution in [0.3, 0.4) is 0 Å². The standard InChI is InChI=1S/C19H16N2O3/c1-11-4-6-13(7-5-11)18-20-19(24-21-18)17-12(2)15-9-8-14(22-3)10-16(15)23-17/h4-10H,1-3H3. The first-order chi connectivity index (χ1) is 11.7. The van der Waals surface area contributed by atoms with Crippen LogP contribution >= 0.6 is 0 Å². The summed E-state index contributed by atoms with van der Waals surface area (Å²) in [5.74, 6) is 2.25. The number of hydrogen-bond donors (Lipinski definition) is 0. The number of ether oxygens (including phenoxy) is 1. The molecule has 2 aromatic heterocycles. The molecule has 0 radical (unpaired) electrons. The molecule has 0 saturated heterocycles. The van der Waals surface area contributed by atoms with Gasteiger partial charge in [-0.15, -0.1) is 0 Å². The molecule has 0 aliphatic heterocycles. The van der Waals surface area contributed by atoms with Crippen molar-refractivity contribution in [2.75, 3.05) is 7.11 Å². The van der Waals surface area contributed by atoms with Gasteiger partial charge < -0.3 is 13.7 Å². The Balaban J connectivity index is 1.78. The molecule has 4 aromatic rings. The van der Waals surface area contributed by atoms with E-state index in [2.05, 4.69) is 10.1 Å². The molecule has 0 aliphatic carbocycles. The Morgan fingerprint density at radius 3 is 2.54 bits per heavy atom. The molecule has 0 saturated carbocycles. The average molecular weight is 320 g/mol. The van der Waals surface area contributed by atoms with E-state index in [0.29, 0.717) is 17.5 Å². The van der Waals surface area contributed by atoms with Gasteiger partial charge in [0.05, 0.1) is 7.11 Å². The lowest BCUT2D eigenvalue weighted by Crippen LogP contribution is -1.82. The summed E-state index contributed by atoms with van der Waals surface area (Å²) < 4.78 is 16.6. The molecular formula is C19H16N2O3.